The molecule has 0 aliphatic rings. The predicted octanol–water partition coefficient (Wildman–Crippen LogP) is 3.50. The van der Waals surface area contributed by atoms with Crippen molar-refractivity contribution in [2.24, 2.45) is 0 Å². The maximum atomic E-state index is 11.9. The van der Waals surface area contributed by atoms with E-state index < -0.39 is 5.60 Å². The molecular weight excluding hydrogens is 226 g/mol. The van der Waals surface area contributed by atoms with Crippen LogP contribution < -0.4 is 0 Å². The quantitative estimate of drug-likeness (QED) is 0.719. The van der Waals surface area contributed by atoms with Crippen molar-refractivity contribution in [2.75, 3.05) is 0 Å². The van der Waals surface area contributed by atoms with Gasteiger partial charge in [0.05, 0.1) is 11.1 Å². The summed E-state index contributed by atoms with van der Waals surface area (Å²) in [6.07, 6.45) is 1.75. The molecule has 1 heterocycles. The van der Waals surface area contributed by atoms with Crippen molar-refractivity contribution in [1.29, 1.82) is 0 Å². The lowest BCUT2D eigenvalue weighted by atomic mass is 10.1. The minimum absolute atomic E-state index is 0.312. The zero-order valence-corrected chi connectivity index (χ0v) is 11.2. The first-order valence-corrected chi connectivity index (χ1v) is 5.95. The third-order valence-corrected chi connectivity index (χ3v) is 2.60. The van der Waals surface area contributed by atoms with Crippen LogP contribution in [0.4, 0.5) is 0 Å². The summed E-state index contributed by atoms with van der Waals surface area (Å²) in [5, 5.41) is 1.06. The Morgan fingerprint density at radius 2 is 1.94 bits per heavy atom. The van der Waals surface area contributed by atoms with Gasteiger partial charge in [-0.2, -0.15) is 0 Å². The van der Waals surface area contributed by atoms with E-state index in [2.05, 4.69) is 4.98 Å². The first-order valence-electron chi connectivity index (χ1n) is 5.95. The number of aromatic nitrogens is 1. The fraction of sp³-hybridized carbons (Fsp3) is 0.333. The fourth-order valence-electron chi connectivity index (χ4n) is 1.76. The predicted molar refractivity (Wildman–Crippen MR) is 71.6 cm³/mol. The van der Waals surface area contributed by atoms with E-state index in [9.17, 15) is 4.79 Å². The van der Waals surface area contributed by atoms with Gasteiger partial charge >= 0.3 is 5.97 Å². The van der Waals surface area contributed by atoms with Crippen LogP contribution in [0.3, 0.4) is 0 Å². The molecule has 2 aromatic rings. The minimum Gasteiger partial charge on any atom is -0.456 e. The second-order valence-electron chi connectivity index (χ2n) is 5.36. The lowest BCUT2D eigenvalue weighted by molar-refractivity contribution is 0.00697. The molecular formula is C15H17NO2. The van der Waals surface area contributed by atoms with Gasteiger partial charge < -0.3 is 4.74 Å². The lowest BCUT2D eigenvalue weighted by Crippen LogP contribution is -2.23. The van der Waals surface area contributed by atoms with Gasteiger partial charge in [0, 0.05) is 11.6 Å². The van der Waals surface area contributed by atoms with Gasteiger partial charge in [-0.3, -0.25) is 4.98 Å². The van der Waals surface area contributed by atoms with Crippen molar-refractivity contribution < 1.29 is 9.53 Å². The normalized spacial score (nSPS) is 11.6. The number of hydrogen-bond donors (Lipinski definition) is 0. The second kappa shape index (κ2) is 4.41. The van der Waals surface area contributed by atoms with Crippen LogP contribution in [-0.2, 0) is 4.74 Å². The molecule has 0 saturated heterocycles. The molecule has 0 radical (unpaired) electrons. The Bertz CT molecular complexity index is 597. The third-order valence-electron chi connectivity index (χ3n) is 2.60. The molecule has 1 aromatic carbocycles. The summed E-state index contributed by atoms with van der Waals surface area (Å²) in [7, 11) is 0. The molecule has 0 amide bonds. The Balaban J connectivity index is 2.39. The monoisotopic (exact) mass is 243 g/mol. The first-order chi connectivity index (χ1) is 8.37. The molecule has 18 heavy (non-hydrogen) atoms. The first kappa shape index (κ1) is 12.6. The number of fused-ring (bicyclic) bond motifs is 1. The largest absolute Gasteiger partial charge is 0.456 e. The summed E-state index contributed by atoms with van der Waals surface area (Å²) in [4.78, 5) is 16.2. The van der Waals surface area contributed by atoms with Crippen LogP contribution in [0, 0.1) is 6.92 Å². The number of esters is 1. The van der Waals surface area contributed by atoms with E-state index in [0.717, 1.165) is 16.5 Å². The molecule has 0 spiro atoms. The zero-order valence-electron chi connectivity index (χ0n) is 11.2. The lowest BCUT2D eigenvalue weighted by Gasteiger charge is -2.19. The molecule has 0 fully saturated rings. The van der Waals surface area contributed by atoms with E-state index in [4.69, 9.17) is 4.74 Å². The van der Waals surface area contributed by atoms with Gasteiger partial charge in [0.25, 0.3) is 0 Å². The number of carbonyl (C=O) groups is 1. The molecule has 0 saturated carbocycles. The van der Waals surface area contributed by atoms with Gasteiger partial charge in [-0.05, 0) is 51.5 Å². The molecule has 2 rings (SSSR count). The van der Waals surface area contributed by atoms with Crippen LogP contribution >= 0.6 is 0 Å². The van der Waals surface area contributed by atoms with Gasteiger partial charge in [-0.15, -0.1) is 0 Å². The Labute approximate surface area is 107 Å². The van der Waals surface area contributed by atoms with Crippen molar-refractivity contribution in [3.63, 3.8) is 0 Å². The number of hydrogen-bond acceptors (Lipinski definition) is 3. The number of carbonyl (C=O) groups excluding carboxylic acids is 1. The van der Waals surface area contributed by atoms with Crippen molar-refractivity contribution in [1.82, 2.24) is 4.98 Å². The number of benzene rings is 1. The summed E-state index contributed by atoms with van der Waals surface area (Å²) in [6, 6.07) is 7.42. The molecule has 0 bridgehead atoms. The van der Waals surface area contributed by atoms with Crippen LogP contribution in [0.15, 0.2) is 30.5 Å². The molecule has 0 atom stereocenters. The van der Waals surface area contributed by atoms with Gasteiger partial charge in [0.2, 0.25) is 0 Å². The van der Waals surface area contributed by atoms with Gasteiger partial charge in [-0.25, -0.2) is 4.79 Å². The summed E-state index contributed by atoms with van der Waals surface area (Å²) in [6.45, 7) is 7.59. The summed E-state index contributed by atoms with van der Waals surface area (Å²) in [5.41, 5.74) is 2.02. The molecule has 0 unspecified atom stereocenters. The van der Waals surface area contributed by atoms with Crippen molar-refractivity contribution >= 4 is 16.9 Å². The Kier molecular flexibility index (Phi) is 3.07. The maximum Gasteiger partial charge on any atom is 0.338 e. The summed E-state index contributed by atoms with van der Waals surface area (Å²) < 4.78 is 5.34. The Morgan fingerprint density at radius 3 is 2.61 bits per heavy atom. The highest BCUT2D eigenvalue weighted by Gasteiger charge is 2.18. The molecule has 3 nitrogen and oxygen atoms in total. The standard InChI is InChI=1S/C15H17NO2/c1-10-7-8-16-13-9-11(5-6-12(10)13)14(17)18-15(2,3)4/h5-9H,1-4H3. The van der Waals surface area contributed by atoms with E-state index in [1.165, 1.54) is 0 Å². The number of nitrogens with zero attached hydrogens (tertiary/aromatic N) is 1. The maximum absolute atomic E-state index is 11.9. The van der Waals surface area contributed by atoms with E-state index in [-0.39, 0.29) is 5.97 Å². The molecule has 3 heteroatoms. The highest BCUT2D eigenvalue weighted by molar-refractivity contribution is 5.95. The summed E-state index contributed by atoms with van der Waals surface area (Å²) >= 11 is 0. The van der Waals surface area contributed by atoms with Crippen LogP contribution in [0.5, 0.6) is 0 Å². The van der Waals surface area contributed by atoms with Gasteiger partial charge in [0.1, 0.15) is 5.60 Å². The van der Waals surface area contributed by atoms with Crippen LogP contribution in [0.2, 0.25) is 0 Å². The zero-order chi connectivity index (χ0) is 13.3. The topological polar surface area (TPSA) is 39.2 Å². The van der Waals surface area contributed by atoms with E-state index >= 15 is 0 Å². The number of pyridine rings is 1. The molecule has 94 valence electrons. The van der Waals surface area contributed by atoms with Crippen molar-refractivity contribution in [3.8, 4) is 0 Å². The number of aryl methyl sites for hydroxylation is 1. The summed E-state index contributed by atoms with van der Waals surface area (Å²) in [5.74, 6) is -0.312. The highest BCUT2D eigenvalue weighted by atomic mass is 16.6. The van der Waals surface area contributed by atoms with Crippen LogP contribution in [0.25, 0.3) is 10.9 Å². The van der Waals surface area contributed by atoms with Crippen molar-refractivity contribution in [3.05, 3.63) is 41.6 Å². The van der Waals surface area contributed by atoms with E-state index in [1.54, 1.807) is 18.3 Å². The number of ether oxygens (including phenoxy) is 1. The van der Waals surface area contributed by atoms with E-state index in [0.29, 0.717) is 5.56 Å². The average molecular weight is 243 g/mol. The molecule has 0 aliphatic carbocycles. The fourth-order valence-corrected chi connectivity index (χ4v) is 1.76. The third kappa shape index (κ3) is 2.67. The van der Waals surface area contributed by atoms with Crippen LogP contribution in [-0.4, -0.2) is 16.6 Å². The average Bonchev–Trinajstić information content (AvgIpc) is 2.26. The molecule has 1 aromatic heterocycles. The molecule has 0 aliphatic heterocycles. The second-order valence-corrected chi connectivity index (χ2v) is 5.36. The smallest absolute Gasteiger partial charge is 0.338 e. The van der Waals surface area contributed by atoms with Gasteiger partial charge in [-0.1, -0.05) is 6.07 Å². The Morgan fingerprint density at radius 1 is 1.22 bits per heavy atom. The number of rotatable bonds is 1. The van der Waals surface area contributed by atoms with Crippen LogP contribution in [0.1, 0.15) is 36.7 Å². The molecule has 0 N–H and O–H groups in total. The van der Waals surface area contributed by atoms with Crippen molar-refractivity contribution in [2.45, 2.75) is 33.3 Å². The minimum atomic E-state index is -0.480. The Hall–Kier alpha value is -1.90. The van der Waals surface area contributed by atoms with E-state index in [1.807, 2.05) is 39.8 Å². The highest BCUT2D eigenvalue weighted by Crippen LogP contribution is 2.19. The SMILES string of the molecule is Cc1ccnc2cc(C(=O)OC(C)(C)C)ccc12. The van der Waals surface area contributed by atoms with Gasteiger partial charge in [0.15, 0.2) is 0 Å².